The Morgan fingerprint density at radius 1 is 1.20 bits per heavy atom. The SMILES string of the molecule is CCC(C)n1c(C)c(C)n2c3c(=O)n(Cc4c(F)cccc4Cl)c(=O)n(C)c3nc12. The number of halogens is 2. The lowest BCUT2D eigenvalue weighted by atomic mass is 10.2. The second-order valence-corrected chi connectivity index (χ2v) is 8.06. The monoisotopic (exact) mass is 431 g/mol. The molecular formula is C21H23ClFN5O2. The summed E-state index contributed by atoms with van der Waals surface area (Å²) in [4.78, 5) is 31.0. The highest BCUT2D eigenvalue weighted by Crippen LogP contribution is 2.26. The van der Waals surface area contributed by atoms with Gasteiger partial charge in [0.15, 0.2) is 11.2 Å². The van der Waals surface area contributed by atoms with Gasteiger partial charge in [0.05, 0.1) is 6.54 Å². The molecule has 0 aliphatic rings. The van der Waals surface area contributed by atoms with Crippen molar-refractivity contribution in [2.75, 3.05) is 0 Å². The Labute approximate surface area is 176 Å². The third kappa shape index (κ3) is 2.74. The van der Waals surface area contributed by atoms with E-state index in [0.717, 1.165) is 22.4 Å². The van der Waals surface area contributed by atoms with Crippen molar-refractivity contribution >= 4 is 28.5 Å². The molecule has 0 spiro atoms. The Balaban J connectivity index is 2.09. The van der Waals surface area contributed by atoms with Crippen molar-refractivity contribution in [1.82, 2.24) is 23.1 Å². The first-order valence-electron chi connectivity index (χ1n) is 9.81. The Morgan fingerprint density at radius 3 is 2.53 bits per heavy atom. The molecule has 0 aliphatic heterocycles. The number of hydrogen-bond acceptors (Lipinski definition) is 3. The Hall–Kier alpha value is -2.87. The summed E-state index contributed by atoms with van der Waals surface area (Å²) in [6, 6.07) is 4.45. The van der Waals surface area contributed by atoms with E-state index in [2.05, 4.69) is 23.4 Å². The number of rotatable bonds is 4. The molecule has 0 saturated heterocycles. The topological polar surface area (TPSA) is 66.2 Å². The van der Waals surface area contributed by atoms with Crippen LogP contribution in [0, 0.1) is 19.7 Å². The maximum Gasteiger partial charge on any atom is 0.332 e. The lowest BCUT2D eigenvalue weighted by Crippen LogP contribution is -2.40. The third-order valence-corrected chi connectivity index (χ3v) is 6.32. The zero-order valence-corrected chi connectivity index (χ0v) is 18.3. The quantitative estimate of drug-likeness (QED) is 0.496. The van der Waals surface area contributed by atoms with Crippen LogP contribution in [0.5, 0.6) is 0 Å². The summed E-state index contributed by atoms with van der Waals surface area (Å²) in [5.74, 6) is 0.0491. The van der Waals surface area contributed by atoms with Gasteiger partial charge in [0.25, 0.3) is 5.56 Å². The predicted octanol–water partition coefficient (Wildman–Crippen LogP) is 3.58. The van der Waals surface area contributed by atoms with Crippen molar-refractivity contribution in [3.8, 4) is 0 Å². The summed E-state index contributed by atoms with van der Waals surface area (Å²) < 4.78 is 20.5. The van der Waals surface area contributed by atoms with E-state index in [0.29, 0.717) is 16.9 Å². The van der Waals surface area contributed by atoms with Gasteiger partial charge in [0.2, 0.25) is 5.78 Å². The summed E-state index contributed by atoms with van der Waals surface area (Å²) in [5.41, 5.74) is 1.48. The van der Waals surface area contributed by atoms with Crippen molar-refractivity contribution in [3.63, 3.8) is 0 Å². The molecule has 0 N–H and O–H groups in total. The minimum atomic E-state index is -0.572. The molecule has 3 heterocycles. The standard InChI is InChI=1S/C21H23ClFN5O2/c1-6-11(2)27-12(3)13(4)28-17-18(24-20(27)28)25(5)21(30)26(19(17)29)10-14-15(22)8-7-9-16(14)23/h7-9,11H,6,10H2,1-5H3. The molecule has 7 nitrogen and oxygen atoms in total. The summed E-state index contributed by atoms with van der Waals surface area (Å²) >= 11 is 6.13. The highest BCUT2D eigenvalue weighted by atomic mass is 35.5. The maximum absolute atomic E-state index is 14.3. The molecule has 158 valence electrons. The largest absolute Gasteiger partial charge is 0.332 e. The van der Waals surface area contributed by atoms with Gasteiger partial charge in [0.1, 0.15) is 5.82 Å². The molecule has 4 aromatic rings. The minimum Gasteiger partial charge on any atom is -0.311 e. The van der Waals surface area contributed by atoms with Gasteiger partial charge in [-0.1, -0.05) is 24.6 Å². The number of hydrogen-bond donors (Lipinski definition) is 0. The first kappa shape index (κ1) is 20.4. The van der Waals surface area contributed by atoms with E-state index >= 15 is 0 Å². The van der Waals surface area contributed by atoms with Crippen LogP contribution in [0.1, 0.15) is 43.3 Å². The molecule has 3 aromatic heterocycles. The van der Waals surface area contributed by atoms with Crippen LogP contribution in [0.25, 0.3) is 16.9 Å². The fraction of sp³-hybridized carbons (Fsp3) is 0.381. The average molecular weight is 432 g/mol. The Bertz CT molecular complexity index is 1410. The van der Waals surface area contributed by atoms with Crippen LogP contribution < -0.4 is 11.2 Å². The highest BCUT2D eigenvalue weighted by Gasteiger charge is 2.24. The van der Waals surface area contributed by atoms with Crippen molar-refractivity contribution < 1.29 is 4.39 Å². The molecule has 0 fully saturated rings. The van der Waals surface area contributed by atoms with Gasteiger partial charge < -0.3 is 4.57 Å². The fourth-order valence-corrected chi connectivity index (χ4v) is 4.19. The van der Waals surface area contributed by atoms with Crippen LogP contribution in [0.15, 0.2) is 27.8 Å². The van der Waals surface area contributed by atoms with E-state index in [-0.39, 0.29) is 23.2 Å². The van der Waals surface area contributed by atoms with Crippen LogP contribution in [-0.2, 0) is 13.6 Å². The van der Waals surface area contributed by atoms with Gasteiger partial charge in [0, 0.05) is 35.1 Å². The molecule has 0 aliphatic carbocycles. The van der Waals surface area contributed by atoms with Crippen molar-refractivity contribution in [2.45, 2.75) is 46.7 Å². The number of fused-ring (bicyclic) bond motifs is 3. The molecule has 1 atom stereocenters. The third-order valence-electron chi connectivity index (χ3n) is 5.97. The van der Waals surface area contributed by atoms with E-state index < -0.39 is 17.1 Å². The van der Waals surface area contributed by atoms with Gasteiger partial charge in [-0.2, -0.15) is 4.98 Å². The lowest BCUT2D eigenvalue weighted by molar-refractivity contribution is 0.532. The number of nitrogens with zero attached hydrogens (tertiary/aromatic N) is 5. The van der Waals surface area contributed by atoms with Crippen molar-refractivity contribution in [1.29, 1.82) is 0 Å². The van der Waals surface area contributed by atoms with Gasteiger partial charge in [-0.05, 0) is 39.3 Å². The second kappa shape index (κ2) is 7.12. The zero-order chi connectivity index (χ0) is 21.9. The van der Waals surface area contributed by atoms with E-state index in [4.69, 9.17) is 11.6 Å². The van der Waals surface area contributed by atoms with Gasteiger partial charge in [-0.3, -0.25) is 18.3 Å². The zero-order valence-electron chi connectivity index (χ0n) is 17.5. The van der Waals surface area contributed by atoms with Gasteiger partial charge >= 0.3 is 5.69 Å². The molecule has 1 aromatic carbocycles. The summed E-state index contributed by atoms with van der Waals surface area (Å²) in [5, 5.41) is 0.164. The van der Waals surface area contributed by atoms with Crippen molar-refractivity contribution in [3.05, 3.63) is 66.8 Å². The van der Waals surface area contributed by atoms with Crippen LogP contribution in [0.2, 0.25) is 5.02 Å². The van der Waals surface area contributed by atoms with Gasteiger partial charge in [-0.15, -0.1) is 0 Å². The average Bonchev–Trinajstić information content (AvgIpc) is 3.21. The lowest BCUT2D eigenvalue weighted by Gasteiger charge is -2.13. The Kier molecular flexibility index (Phi) is 4.85. The number of benzene rings is 1. The normalized spacial score (nSPS) is 12.9. The molecule has 1 unspecified atom stereocenters. The first-order valence-corrected chi connectivity index (χ1v) is 10.2. The summed E-state index contributed by atoms with van der Waals surface area (Å²) in [6.45, 7) is 7.82. The number of imidazole rings is 2. The van der Waals surface area contributed by atoms with Crippen LogP contribution in [-0.4, -0.2) is 23.1 Å². The van der Waals surface area contributed by atoms with E-state index in [9.17, 15) is 14.0 Å². The molecular weight excluding hydrogens is 409 g/mol. The van der Waals surface area contributed by atoms with Crippen LogP contribution in [0.4, 0.5) is 4.39 Å². The fourth-order valence-electron chi connectivity index (χ4n) is 3.97. The first-order chi connectivity index (χ1) is 14.2. The van der Waals surface area contributed by atoms with Gasteiger partial charge in [-0.25, -0.2) is 9.18 Å². The molecule has 0 amide bonds. The smallest absolute Gasteiger partial charge is 0.311 e. The molecule has 30 heavy (non-hydrogen) atoms. The molecule has 4 rings (SSSR count). The van der Waals surface area contributed by atoms with Crippen LogP contribution in [0.3, 0.4) is 0 Å². The summed E-state index contributed by atoms with van der Waals surface area (Å²) in [6.07, 6.45) is 0.892. The summed E-state index contributed by atoms with van der Waals surface area (Å²) in [7, 11) is 1.56. The molecule has 9 heteroatoms. The molecule has 0 bridgehead atoms. The molecule has 0 radical (unpaired) electrons. The van der Waals surface area contributed by atoms with E-state index in [1.807, 2.05) is 13.8 Å². The second-order valence-electron chi connectivity index (χ2n) is 7.65. The minimum absolute atomic E-state index is 0.101. The van der Waals surface area contributed by atoms with E-state index in [1.165, 1.54) is 22.8 Å². The highest BCUT2D eigenvalue weighted by molar-refractivity contribution is 6.31. The maximum atomic E-state index is 14.3. The van der Waals surface area contributed by atoms with E-state index in [1.54, 1.807) is 11.4 Å². The number of aryl methyl sites for hydroxylation is 2. The molecule has 0 saturated carbocycles. The Morgan fingerprint density at radius 2 is 1.90 bits per heavy atom. The number of aromatic nitrogens is 5. The van der Waals surface area contributed by atoms with Crippen LogP contribution >= 0.6 is 11.6 Å². The van der Waals surface area contributed by atoms with Crippen molar-refractivity contribution in [2.24, 2.45) is 7.05 Å². The predicted molar refractivity (Wildman–Crippen MR) is 115 cm³/mol.